The summed E-state index contributed by atoms with van der Waals surface area (Å²) in [6, 6.07) is 20.6. The average molecular weight is 440 g/mol. The first-order chi connectivity index (χ1) is 12.2. The van der Waals surface area contributed by atoms with E-state index in [1.54, 1.807) is 30.5 Å². The standard InChI is InChI=1S/C20H13IN2O2/c21-15-3-1-2-14(10-15)20-23-18-9-6-16(11-19(18)25-20)22-12-13-4-7-17(24)8-5-13/h1-12,24H. The van der Waals surface area contributed by atoms with E-state index in [0.717, 1.165) is 25.9 Å². The maximum atomic E-state index is 9.31. The Morgan fingerprint density at radius 2 is 1.84 bits per heavy atom. The molecule has 1 aromatic heterocycles. The summed E-state index contributed by atoms with van der Waals surface area (Å²) >= 11 is 2.27. The first kappa shape index (κ1) is 15.8. The normalized spacial score (nSPS) is 11.4. The maximum Gasteiger partial charge on any atom is 0.227 e. The second kappa shape index (κ2) is 6.68. The van der Waals surface area contributed by atoms with E-state index in [2.05, 4.69) is 32.6 Å². The lowest BCUT2D eigenvalue weighted by molar-refractivity contribution is 0.475. The second-order valence-electron chi connectivity index (χ2n) is 5.53. The minimum Gasteiger partial charge on any atom is -0.508 e. The van der Waals surface area contributed by atoms with Gasteiger partial charge >= 0.3 is 0 Å². The van der Waals surface area contributed by atoms with Crippen LogP contribution in [0.5, 0.6) is 5.75 Å². The predicted octanol–water partition coefficient (Wildman–Crippen LogP) is 5.56. The molecule has 0 fully saturated rings. The summed E-state index contributed by atoms with van der Waals surface area (Å²) in [6.07, 6.45) is 1.75. The largest absolute Gasteiger partial charge is 0.508 e. The van der Waals surface area contributed by atoms with Crippen molar-refractivity contribution in [1.82, 2.24) is 4.98 Å². The smallest absolute Gasteiger partial charge is 0.227 e. The number of aliphatic imine (C=N–C) groups is 1. The molecule has 0 spiro atoms. The van der Waals surface area contributed by atoms with Crippen molar-refractivity contribution in [3.8, 4) is 17.2 Å². The van der Waals surface area contributed by atoms with Gasteiger partial charge in [0.1, 0.15) is 11.3 Å². The highest BCUT2D eigenvalue weighted by Gasteiger charge is 2.09. The van der Waals surface area contributed by atoms with Gasteiger partial charge in [-0.15, -0.1) is 0 Å². The lowest BCUT2D eigenvalue weighted by Crippen LogP contribution is -1.78. The van der Waals surface area contributed by atoms with Crippen molar-refractivity contribution in [1.29, 1.82) is 0 Å². The van der Waals surface area contributed by atoms with Crippen molar-refractivity contribution in [3.63, 3.8) is 0 Å². The molecule has 1 heterocycles. The van der Waals surface area contributed by atoms with E-state index in [1.807, 2.05) is 42.5 Å². The fraction of sp³-hybridized carbons (Fsp3) is 0. The Morgan fingerprint density at radius 1 is 1.00 bits per heavy atom. The summed E-state index contributed by atoms with van der Waals surface area (Å²) in [6.45, 7) is 0. The molecule has 0 unspecified atom stereocenters. The van der Waals surface area contributed by atoms with Gasteiger partial charge in [0, 0.05) is 21.4 Å². The molecule has 122 valence electrons. The van der Waals surface area contributed by atoms with Crippen molar-refractivity contribution in [2.75, 3.05) is 0 Å². The predicted molar refractivity (Wildman–Crippen MR) is 108 cm³/mol. The van der Waals surface area contributed by atoms with Gasteiger partial charge in [-0.3, -0.25) is 4.99 Å². The number of halogens is 1. The molecule has 0 atom stereocenters. The molecule has 0 saturated carbocycles. The monoisotopic (exact) mass is 440 g/mol. The molecule has 5 heteroatoms. The topological polar surface area (TPSA) is 58.6 Å². The van der Waals surface area contributed by atoms with Crippen LogP contribution in [0.25, 0.3) is 22.6 Å². The third kappa shape index (κ3) is 3.56. The van der Waals surface area contributed by atoms with Crippen LogP contribution >= 0.6 is 22.6 Å². The van der Waals surface area contributed by atoms with Crippen LogP contribution in [0.1, 0.15) is 5.56 Å². The number of aromatic nitrogens is 1. The van der Waals surface area contributed by atoms with Crippen LogP contribution in [0, 0.1) is 3.57 Å². The van der Waals surface area contributed by atoms with Gasteiger partial charge in [-0.1, -0.05) is 6.07 Å². The molecule has 0 saturated heterocycles. The van der Waals surface area contributed by atoms with Crippen LogP contribution in [0.15, 0.2) is 76.1 Å². The second-order valence-corrected chi connectivity index (χ2v) is 6.78. The van der Waals surface area contributed by atoms with Crippen LogP contribution in [-0.4, -0.2) is 16.3 Å². The quantitative estimate of drug-likeness (QED) is 0.336. The van der Waals surface area contributed by atoms with Crippen molar-refractivity contribution in [2.45, 2.75) is 0 Å². The number of phenolic OH excluding ortho intramolecular Hbond substituents is 1. The van der Waals surface area contributed by atoms with Crippen LogP contribution in [0.4, 0.5) is 5.69 Å². The summed E-state index contributed by atoms with van der Waals surface area (Å²) in [5.41, 5.74) is 4.16. The highest BCUT2D eigenvalue weighted by atomic mass is 127. The highest BCUT2D eigenvalue weighted by Crippen LogP contribution is 2.28. The van der Waals surface area contributed by atoms with Gasteiger partial charge in [0.15, 0.2) is 5.58 Å². The van der Waals surface area contributed by atoms with Gasteiger partial charge in [-0.2, -0.15) is 0 Å². The Morgan fingerprint density at radius 3 is 2.64 bits per heavy atom. The Hall–Kier alpha value is -2.67. The molecule has 3 aromatic carbocycles. The minimum absolute atomic E-state index is 0.239. The number of phenols is 1. The highest BCUT2D eigenvalue weighted by molar-refractivity contribution is 14.1. The van der Waals surface area contributed by atoms with Gasteiger partial charge in [0.05, 0.1) is 5.69 Å². The number of fused-ring (bicyclic) bond motifs is 1. The van der Waals surface area contributed by atoms with Gasteiger partial charge in [-0.25, -0.2) is 4.98 Å². The number of oxazole rings is 1. The van der Waals surface area contributed by atoms with Crippen molar-refractivity contribution >= 4 is 45.6 Å². The van der Waals surface area contributed by atoms with E-state index in [4.69, 9.17) is 4.42 Å². The number of benzene rings is 3. The Balaban J connectivity index is 1.65. The van der Waals surface area contributed by atoms with E-state index in [9.17, 15) is 5.11 Å². The summed E-state index contributed by atoms with van der Waals surface area (Å²) in [7, 11) is 0. The summed E-state index contributed by atoms with van der Waals surface area (Å²) in [5.74, 6) is 0.844. The molecular formula is C20H13IN2O2. The van der Waals surface area contributed by atoms with E-state index in [-0.39, 0.29) is 5.75 Å². The van der Waals surface area contributed by atoms with Gasteiger partial charge < -0.3 is 9.52 Å². The SMILES string of the molecule is Oc1ccc(C=Nc2ccc3nc(-c4cccc(I)c4)oc3c2)cc1. The van der Waals surface area contributed by atoms with Crippen molar-refractivity contribution in [3.05, 3.63) is 75.9 Å². The molecule has 0 amide bonds. The number of rotatable bonds is 3. The first-order valence-electron chi connectivity index (χ1n) is 7.67. The van der Waals surface area contributed by atoms with E-state index in [0.29, 0.717) is 11.5 Å². The van der Waals surface area contributed by atoms with Crippen LogP contribution in [0.2, 0.25) is 0 Å². The number of hydrogen-bond donors (Lipinski definition) is 1. The zero-order chi connectivity index (χ0) is 17.2. The Bertz CT molecular complexity index is 1070. The molecule has 4 nitrogen and oxygen atoms in total. The van der Waals surface area contributed by atoms with Crippen LogP contribution in [0.3, 0.4) is 0 Å². The van der Waals surface area contributed by atoms with Crippen molar-refractivity contribution in [2.24, 2.45) is 4.99 Å². The lowest BCUT2D eigenvalue weighted by atomic mass is 10.2. The fourth-order valence-electron chi connectivity index (χ4n) is 2.45. The van der Waals surface area contributed by atoms with Gasteiger partial charge in [-0.05, 0) is 82.8 Å². The zero-order valence-electron chi connectivity index (χ0n) is 13.1. The van der Waals surface area contributed by atoms with Gasteiger partial charge in [0.2, 0.25) is 5.89 Å². The van der Waals surface area contributed by atoms with Crippen LogP contribution < -0.4 is 0 Å². The van der Waals surface area contributed by atoms with E-state index >= 15 is 0 Å². The molecule has 0 radical (unpaired) electrons. The third-order valence-electron chi connectivity index (χ3n) is 3.70. The number of hydrogen-bond acceptors (Lipinski definition) is 4. The number of nitrogens with zero attached hydrogens (tertiary/aromatic N) is 2. The number of aromatic hydroxyl groups is 1. The molecule has 0 aliphatic carbocycles. The molecule has 0 aliphatic heterocycles. The molecule has 4 rings (SSSR count). The average Bonchev–Trinajstić information content (AvgIpc) is 3.05. The Labute approximate surface area is 158 Å². The van der Waals surface area contributed by atoms with E-state index < -0.39 is 0 Å². The first-order valence-corrected chi connectivity index (χ1v) is 8.75. The summed E-state index contributed by atoms with van der Waals surface area (Å²) in [5, 5.41) is 9.31. The van der Waals surface area contributed by atoms with Crippen LogP contribution in [-0.2, 0) is 0 Å². The minimum atomic E-state index is 0.239. The van der Waals surface area contributed by atoms with Crippen molar-refractivity contribution < 1.29 is 9.52 Å². The maximum absolute atomic E-state index is 9.31. The van der Waals surface area contributed by atoms with E-state index in [1.165, 1.54) is 0 Å². The summed E-state index contributed by atoms with van der Waals surface area (Å²) in [4.78, 5) is 9.00. The third-order valence-corrected chi connectivity index (χ3v) is 4.37. The molecular weight excluding hydrogens is 427 g/mol. The molecule has 0 bridgehead atoms. The molecule has 1 N–H and O–H groups in total. The summed E-state index contributed by atoms with van der Waals surface area (Å²) < 4.78 is 7.03. The lowest BCUT2D eigenvalue weighted by Gasteiger charge is -1.95. The zero-order valence-corrected chi connectivity index (χ0v) is 15.2. The van der Waals surface area contributed by atoms with Gasteiger partial charge in [0.25, 0.3) is 0 Å². The molecule has 4 aromatic rings. The molecule has 25 heavy (non-hydrogen) atoms. The fourth-order valence-corrected chi connectivity index (χ4v) is 2.99. The molecule has 0 aliphatic rings. The Kier molecular flexibility index (Phi) is 4.23.